The molecule has 1 aliphatic rings. The molecular weight excluding hydrogens is 242 g/mol. The zero-order chi connectivity index (χ0) is 15.0. The van der Waals surface area contributed by atoms with Crippen LogP contribution >= 0.6 is 0 Å². The van der Waals surface area contributed by atoms with E-state index in [0.29, 0.717) is 0 Å². The van der Waals surface area contributed by atoms with Gasteiger partial charge in [0.05, 0.1) is 0 Å². The van der Waals surface area contributed by atoms with E-state index >= 15 is 0 Å². The van der Waals surface area contributed by atoms with Gasteiger partial charge in [0.15, 0.2) is 0 Å². The van der Waals surface area contributed by atoms with Crippen LogP contribution in [0.1, 0.15) is 58.6 Å². The van der Waals surface area contributed by atoms with Crippen LogP contribution < -0.4 is 0 Å². The van der Waals surface area contributed by atoms with Gasteiger partial charge in [0.2, 0.25) is 0 Å². The Morgan fingerprint density at radius 2 is 1.65 bits per heavy atom. The Hall–Kier alpha value is -0.820. The summed E-state index contributed by atoms with van der Waals surface area (Å²) in [7, 11) is 0. The Bertz CT molecular complexity index is 347. The van der Waals surface area contributed by atoms with Gasteiger partial charge in [0.25, 0.3) is 0 Å². The van der Waals surface area contributed by atoms with E-state index in [1.807, 2.05) is 13.8 Å². The molecule has 0 saturated heterocycles. The molecule has 1 atom stereocenters. The van der Waals surface area contributed by atoms with Crippen molar-refractivity contribution in [1.29, 1.82) is 0 Å². The Balaban J connectivity index is 0.000000956. The number of hydrogen-bond acceptors (Lipinski definition) is 1. The molecule has 20 heavy (non-hydrogen) atoms. The monoisotopic (exact) mass is 275 g/mol. The van der Waals surface area contributed by atoms with Gasteiger partial charge >= 0.3 is 0 Å². The summed E-state index contributed by atoms with van der Waals surface area (Å²) in [5.74, 6) is 0.864. The average Bonchev–Trinajstić information content (AvgIpc) is 2.93. The lowest BCUT2D eigenvalue weighted by atomic mass is 10.0. The maximum atomic E-state index is 2.69. The van der Waals surface area contributed by atoms with Crippen LogP contribution in [0.25, 0.3) is 0 Å². The summed E-state index contributed by atoms with van der Waals surface area (Å²) in [4.78, 5) is 2.69. The number of fused-ring (bicyclic) bond motifs is 1. The fraction of sp³-hybridized carbons (Fsp3) is 0.684. The first-order valence-corrected chi connectivity index (χ1v) is 8.55. The first-order valence-electron chi connectivity index (χ1n) is 8.55. The second-order valence-corrected chi connectivity index (χ2v) is 5.76. The highest BCUT2D eigenvalue weighted by atomic mass is 15.1. The summed E-state index contributed by atoms with van der Waals surface area (Å²) in [6.07, 6.45) is 5.16. The third-order valence-corrected chi connectivity index (χ3v) is 4.56. The summed E-state index contributed by atoms with van der Waals surface area (Å²) in [6.45, 7) is 13.4. The largest absolute Gasteiger partial charge is 0.300 e. The van der Waals surface area contributed by atoms with Crippen LogP contribution in [0, 0.1) is 5.92 Å². The Labute approximate surface area is 126 Å². The van der Waals surface area contributed by atoms with Crippen LogP contribution in [0.3, 0.4) is 0 Å². The van der Waals surface area contributed by atoms with E-state index in [9.17, 15) is 0 Å². The van der Waals surface area contributed by atoms with E-state index in [-0.39, 0.29) is 0 Å². The quantitative estimate of drug-likeness (QED) is 0.711. The van der Waals surface area contributed by atoms with E-state index in [1.54, 1.807) is 11.1 Å². The minimum absolute atomic E-state index is 0.747. The molecule has 0 bridgehead atoms. The topological polar surface area (TPSA) is 3.24 Å². The fourth-order valence-electron chi connectivity index (χ4n) is 2.98. The molecule has 0 saturated carbocycles. The van der Waals surface area contributed by atoms with Gasteiger partial charge in [-0.25, -0.2) is 0 Å². The Morgan fingerprint density at radius 3 is 2.10 bits per heavy atom. The summed E-state index contributed by atoms with van der Waals surface area (Å²) >= 11 is 0. The highest BCUT2D eigenvalue weighted by molar-refractivity contribution is 5.33. The molecule has 0 radical (unpaired) electrons. The van der Waals surface area contributed by atoms with Crippen molar-refractivity contribution in [2.24, 2.45) is 5.92 Å². The van der Waals surface area contributed by atoms with Crippen molar-refractivity contribution in [3.8, 4) is 0 Å². The lowest BCUT2D eigenvalue weighted by Gasteiger charge is -2.28. The van der Waals surface area contributed by atoms with Gasteiger partial charge in [-0.15, -0.1) is 0 Å². The van der Waals surface area contributed by atoms with Crippen LogP contribution in [-0.2, 0) is 12.8 Å². The normalized spacial score (nSPS) is 15.7. The maximum absolute atomic E-state index is 2.69. The summed E-state index contributed by atoms with van der Waals surface area (Å²) in [5.41, 5.74) is 3.15. The van der Waals surface area contributed by atoms with Crippen LogP contribution in [0.15, 0.2) is 24.3 Å². The molecule has 0 fully saturated rings. The van der Waals surface area contributed by atoms with Gasteiger partial charge in [-0.05, 0) is 49.4 Å². The van der Waals surface area contributed by atoms with Crippen molar-refractivity contribution in [1.82, 2.24) is 4.90 Å². The highest BCUT2D eigenvalue weighted by Crippen LogP contribution is 2.25. The van der Waals surface area contributed by atoms with E-state index in [0.717, 1.165) is 12.0 Å². The first kappa shape index (κ1) is 17.2. The van der Waals surface area contributed by atoms with Crippen molar-refractivity contribution in [2.75, 3.05) is 13.1 Å². The van der Waals surface area contributed by atoms with Gasteiger partial charge in [-0.2, -0.15) is 0 Å². The SMILES string of the molecule is CC.CCC(C)CCN(CC)C1Cc2ccccc2C1. The highest BCUT2D eigenvalue weighted by Gasteiger charge is 2.25. The molecule has 1 heteroatoms. The van der Waals surface area contributed by atoms with Gasteiger partial charge in [0.1, 0.15) is 0 Å². The molecule has 0 aromatic heterocycles. The lowest BCUT2D eigenvalue weighted by molar-refractivity contribution is 0.198. The molecule has 1 unspecified atom stereocenters. The third kappa shape index (κ3) is 4.63. The predicted octanol–water partition coefficient (Wildman–Crippen LogP) is 4.94. The minimum atomic E-state index is 0.747. The smallest absolute Gasteiger partial charge is 0.0176 e. The van der Waals surface area contributed by atoms with E-state index in [1.165, 1.54) is 38.8 Å². The van der Waals surface area contributed by atoms with Gasteiger partial charge in [-0.1, -0.05) is 65.3 Å². The summed E-state index contributed by atoms with van der Waals surface area (Å²) in [5, 5.41) is 0. The molecule has 0 heterocycles. The van der Waals surface area contributed by atoms with Crippen LogP contribution in [0.2, 0.25) is 0 Å². The average molecular weight is 275 g/mol. The summed E-state index contributed by atoms with van der Waals surface area (Å²) < 4.78 is 0. The van der Waals surface area contributed by atoms with Gasteiger partial charge < -0.3 is 0 Å². The molecule has 1 aromatic carbocycles. The second kappa shape index (κ2) is 9.18. The number of benzene rings is 1. The minimum Gasteiger partial charge on any atom is -0.300 e. The van der Waals surface area contributed by atoms with Crippen LogP contribution in [0.5, 0.6) is 0 Å². The van der Waals surface area contributed by atoms with E-state index < -0.39 is 0 Å². The number of rotatable bonds is 6. The lowest BCUT2D eigenvalue weighted by Crippen LogP contribution is -2.37. The zero-order valence-electron chi connectivity index (χ0n) is 14.2. The van der Waals surface area contributed by atoms with Crippen molar-refractivity contribution in [3.05, 3.63) is 35.4 Å². The molecule has 0 aliphatic heterocycles. The maximum Gasteiger partial charge on any atom is 0.0176 e. The molecule has 2 rings (SSSR count). The van der Waals surface area contributed by atoms with E-state index in [4.69, 9.17) is 0 Å². The molecule has 1 aliphatic carbocycles. The Morgan fingerprint density at radius 1 is 1.10 bits per heavy atom. The molecule has 0 N–H and O–H groups in total. The van der Waals surface area contributed by atoms with Gasteiger partial charge in [-0.3, -0.25) is 4.90 Å². The number of likely N-dealkylation sites (N-methyl/N-ethyl adjacent to an activating group) is 1. The van der Waals surface area contributed by atoms with E-state index in [2.05, 4.69) is 49.9 Å². The number of nitrogens with zero attached hydrogens (tertiary/aromatic N) is 1. The first-order chi connectivity index (χ1) is 9.74. The van der Waals surface area contributed by atoms with Crippen molar-refractivity contribution in [3.63, 3.8) is 0 Å². The molecule has 0 amide bonds. The van der Waals surface area contributed by atoms with Gasteiger partial charge in [0, 0.05) is 6.04 Å². The third-order valence-electron chi connectivity index (χ3n) is 4.56. The molecule has 1 nitrogen and oxygen atoms in total. The van der Waals surface area contributed by atoms with Crippen molar-refractivity contribution >= 4 is 0 Å². The Kier molecular flexibility index (Phi) is 7.91. The van der Waals surface area contributed by atoms with Crippen molar-refractivity contribution < 1.29 is 0 Å². The predicted molar refractivity (Wildman–Crippen MR) is 90.3 cm³/mol. The zero-order valence-corrected chi connectivity index (χ0v) is 14.2. The summed E-state index contributed by atoms with van der Waals surface area (Å²) in [6, 6.07) is 9.71. The molecule has 114 valence electrons. The standard InChI is InChI=1S/C17H27N.C2H6/c1-4-14(3)10-11-18(5-2)17-12-15-8-6-7-9-16(15)13-17;1-2/h6-9,14,17H,4-5,10-13H2,1-3H3;1-2H3. The fourth-order valence-corrected chi connectivity index (χ4v) is 2.98. The van der Waals surface area contributed by atoms with Crippen LogP contribution in [0.4, 0.5) is 0 Å². The second-order valence-electron chi connectivity index (χ2n) is 5.76. The van der Waals surface area contributed by atoms with Crippen molar-refractivity contribution in [2.45, 2.75) is 66.3 Å². The number of hydrogen-bond donors (Lipinski definition) is 0. The molecule has 1 aromatic rings. The van der Waals surface area contributed by atoms with Crippen LogP contribution in [-0.4, -0.2) is 24.0 Å². The molecular formula is C19H33N. The molecule has 0 spiro atoms.